The standard InChI is InChI=1S/C21H19Cl2FN6O2/c1-11-19(23)12(2)30(27-11)10-15-13(3)32-28-20(15)21(31)26-14-7-25-29(8-14)9-16-17(22)5-4-6-18(16)24/h4-8H,9-10H2,1-3H3,(H,26,31). The minimum Gasteiger partial charge on any atom is -0.361 e. The van der Waals surface area contributed by atoms with Crippen LogP contribution in [0.5, 0.6) is 0 Å². The summed E-state index contributed by atoms with van der Waals surface area (Å²) < 4.78 is 22.5. The lowest BCUT2D eigenvalue weighted by Gasteiger charge is -2.06. The third-order valence-electron chi connectivity index (χ3n) is 5.07. The fraction of sp³-hybridized carbons (Fsp3) is 0.238. The van der Waals surface area contributed by atoms with Gasteiger partial charge in [0.05, 0.1) is 41.4 Å². The zero-order valence-corrected chi connectivity index (χ0v) is 19.0. The van der Waals surface area contributed by atoms with Crippen LogP contribution in [0.25, 0.3) is 0 Å². The molecule has 0 aliphatic carbocycles. The minimum absolute atomic E-state index is 0.119. The second kappa shape index (κ2) is 8.76. The van der Waals surface area contributed by atoms with E-state index in [2.05, 4.69) is 20.7 Å². The molecule has 166 valence electrons. The van der Waals surface area contributed by atoms with Crippen molar-refractivity contribution in [2.45, 2.75) is 33.9 Å². The summed E-state index contributed by atoms with van der Waals surface area (Å²) in [6, 6.07) is 4.47. The average Bonchev–Trinajstić information content (AvgIpc) is 3.41. The first-order valence-corrected chi connectivity index (χ1v) is 10.4. The molecular weight excluding hydrogens is 458 g/mol. The number of hydrogen-bond donors (Lipinski definition) is 1. The fourth-order valence-electron chi connectivity index (χ4n) is 3.28. The van der Waals surface area contributed by atoms with Gasteiger partial charge in [0.15, 0.2) is 5.69 Å². The Morgan fingerprint density at radius 1 is 1.19 bits per heavy atom. The highest BCUT2D eigenvalue weighted by molar-refractivity contribution is 6.32. The smallest absolute Gasteiger partial charge is 0.278 e. The molecule has 0 radical (unpaired) electrons. The number of carbonyl (C=O) groups is 1. The molecule has 0 bridgehead atoms. The topological polar surface area (TPSA) is 90.8 Å². The van der Waals surface area contributed by atoms with Crippen LogP contribution in [0.4, 0.5) is 10.1 Å². The number of benzene rings is 1. The molecule has 3 heterocycles. The Balaban J connectivity index is 1.51. The number of nitrogens with zero attached hydrogens (tertiary/aromatic N) is 5. The first-order valence-electron chi connectivity index (χ1n) is 9.66. The van der Waals surface area contributed by atoms with Gasteiger partial charge in [-0.15, -0.1) is 0 Å². The fourth-order valence-corrected chi connectivity index (χ4v) is 3.64. The Morgan fingerprint density at radius 3 is 2.66 bits per heavy atom. The molecule has 8 nitrogen and oxygen atoms in total. The van der Waals surface area contributed by atoms with Gasteiger partial charge in [-0.05, 0) is 32.9 Å². The van der Waals surface area contributed by atoms with E-state index in [1.807, 2.05) is 13.8 Å². The van der Waals surface area contributed by atoms with Crippen molar-refractivity contribution in [3.8, 4) is 0 Å². The molecule has 4 aromatic rings. The molecule has 0 spiro atoms. The summed E-state index contributed by atoms with van der Waals surface area (Å²) in [7, 11) is 0. The lowest BCUT2D eigenvalue weighted by molar-refractivity contribution is 0.101. The second-order valence-corrected chi connectivity index (χ2v) is 8.07. The van der Waals surface area contributed by atoms with Crippen LogP contribution >= 0.6 is 23.2 Å². The van der Waals surface area contributed by atoms with Crippen molar-refractivity contribution in [3.63, 3.8) is 0 Å². The molecule has 0 unspecified atom stereocenters. The van der Waals surface area contributed by atoms with Gasteiger partial charge in [-0.1, -0.05) is 34.4 Å². The summed E-state index contributed by atoms with van der Waals surface area (Å²) in [4.78, 5) is 12.9. The van der Waals surface area contributed by atoms with Gasteiger partial charge in [0.1, 0.15) is 11.6 Å². The van der Waals surface area contributed by atoms with Gasteiger partial charge in [0.2, 0.25) is 0 Å². The molecular formula is C21H19Cl2FN6O2. The Kier molecular flexibility index (Phi) is 6.03. The Morgan fingerprint density at radius 2 is 1.97 bits per heavy atom. The molecule has 1 N–H and O–H groups in total. The van der Waals surface area contributed by atoms with Crippen molar-refractivity contribution in [2.24, 2.45) is 0 Å². The maximum Gasteiger partial charge on any atom is 0.278 e. The van der Waals surface area contributed by atoms with E-state index in [1.54, 1.807) is 23.9 Å². The van der Waals surface area contributed by atoms with Gasteiger partial charge in [0.25, 0.3) is 5.91 Å². The highest BCUT2D eigenvalue weighted by Crippen LogP contribution is 2.23. The number of aromatic nitrogens is 5. The van der Waals surface area contributed by atoms with Crippen LogP contribution in [-0.4, -0.2) is 30.6 Å². The summed E-state index contributed by atoms with van der Waals surface area (Å²) in [6.07, 6.45) is 3.04. The van der Waals surface area contributed by atoms with E-state index in [-0.39, 0.29) is 18.8 Å². The first-order chi connectivity index (χ1) is 15.2. The predicted octanol–water partition coefficient (Wildman–Crippen LogP) is 4.79. The first kappa shape index (κ1) is 22.0. The third kappa shape index (κ3) is 4.26. The molecule has 3 aromatic heterocycles. The number of rotatable bonds is 6. The summed E-state index contributed by atoms with van der Waals surface area (Å²) in [5.41, 5.74) is 2.94. The highest BCUT2D eigenvalue weighted by Gasteiger charge is 2.22. The van der Waals surface area contributed by atoms with Gasteiger partial charge in [0, 0.05) is 22.3 Å². The number of aryl methyl sites for hydroxylation is 2. The van der Waals surface area contributed by atoms with Gasteiger partial charge in [-0.25, -0.2) is 4.39 Å². The summed E-state index contributed by atoms with van der Waals surface area (Å²) in [5.74, 6) is -0.387. The van der Waals surface area contributed by atoms with Crippen LogP contribution < -0.4 is 5.32 Å². The minimum atomic E-state index is -0.465. The Labute approximate surface area is 192 Å². The molecule has 0 saturated carbocycles. The summed E-state index contributed by atoms with van der Waals surface area (Å²) >= 11 is 12.3. The van der Waals surface area contributed by atoms with E-state index in [0.717, 1.165) is 5.69 Å². The maximum absolute atomic E-state index is 14.0. The Bertz CT molecular complexity index is 1290. The summed E-state index contributed by atoms with van der Waals surface area (Å²) in [6.45, 7) is 5.78. The van der Waals surface area contributed by atoms with Gasteiger partial charge in [-0.3, -0.25) is 14.2 Å². The molecule has 4 rings (SSSR count). The second-order valence-electron chi connectivity index (χ2n) is 7.29. The van der Waals surface area contributed by atoms with Crippen LogP contribution in [0.2, 0.25) is 10.0 Å². The van der Waals surface area contributed by atoms with Crippen LogP contribution in [0, 0.1) is 26.6 Å². The SMILES string of the molecule is Cc1nn(Cc2c(C(=O)Nc3cnn(Cc4c(F)cccc4Cl)c3)noc2C)c(C)c1Cl. The van der Waals surface area contributed by atoms with Crippen molar-refractivity contribution < 1.29 is 13.7 Å². The van der Waals surface area contributed by atoms with Gasteiger partial charge >= 0.3 is 0 Å². The number of carbonyl (C=O) groups excluding carboxylic acids is 1. The van der Waals surface area contributed by atoms with E-state index in [0.29, 0.717) is 38.3 Å². The average molecular weight is 477 g/mol. The van der Waals surface area contributed by atoms with Crippen molar-refractivity contribution in [1.29, 1.82) is 0 Å². The Hall–Kier alpha value is -3.17. The molecule has 1 amide bonds. The van der Waals surface area contributed by atoms with E-state index in [9.17, 15) is 9.18 Å². The maximum atomic E-state index is 14.0. The van der Waals surface area contributed by atoms with Gasteiger partial charge < -0.3 is 9.84 Å². The van der Waals surface area contributed by atoms with E-state index in [4.69, 9.17) is 27.7 Å². The zero-order valence-electron chi connectivity index (χ0n) is 17.5. The van der Waals surface area contributed by atoms with Crippen molar-refractivity contribution >= 4 is 34.8 Å². The molecule has 32 heavy (non-hydrogen) atoms. The zero-order chi connectivity index (χ0) is 23.0. The van der Waals surface area contributed by atoms with Gasteiger partial charge in [-0.2, -0.15) is 10.2 Å². The number of anilines is 1. The van der Waals surface area contributed by atoms with Crippen LogP contribution in [-0.2, 0) is 13.1 Å². The molecule has 0 fully saturated rings. The van der Waals surface area contributed by atoms with E-state index in [1.165, 1.54) is 23.0 Å². The van der Waals surface area contributed by atoms with Crippen LogP contribution in [0.3, 0.4) is 0 Å². The number of hydrogen-bond acceptors (Lipinski definition) is 5. The lowest BCUT2D eigenvalue weighted by atomic mass is 10.2. The molecule has 11 heteroatoms. The molecule has 0 saturated heterocycles. The normalized spacial score (nSPS) is 11.2. The predicted molar refractivity (Wildman–Crippen MR) is 118 cm³/mol. The van der Waals surface area contributed by atoms with E-state index >= 15 is 0 Å². The number of amides is 1. The molecule has 0 aliphatic rings. The van der Waals surface area contributed by atoms with E-state index < -0.39 is 11.7 Å². The molecule has 0 atom stereocenters. The van der Waals surface area contributed by atoms with Crippen molar-refractivity contribution in [1.82, 2.24) is 24.7 Å². The highest BCUT2D eigenvalue weighted by atomic mass is 35.5. The quantitative estimate of drug-likeness (QED) is 0.432. The van der Waals surface area contributed by atoms with Crippen molar-refractivity contribution in [2.75, 3.05) is 5.32 Å². The monoisotopic (exact) mass is 476 g/mol. The molecule has 1 aromatic carbocycles. The summed E-state index contributed by atoms with van der Waals surface area (Å²) in [5, 5.41) is 16.1. The molecule has 0 aliphatic heterocycles. The van der Waals surface area contributed by atoms with Crippen LogP contribution in [0.15, 0.2) is 35.1 Å². The third-order valence-corrected chi connectivity index (χ3v) is 5.97. The van der Waals surface area contributed by atoms with Crippen molar-refractivity contribution in [3.05, 3.63) is 80.4 Å². The number of nitrogens with one attached hydrogen (secondary N) is 1. The largest absolute Gasteiger partial charge is 0.361 e. The van der Waals surface area contributed by atoms with Crippen LogP contribution in [0.1, 0.15) is 38.8 Å². The lowest BCUT2D eigenvalue weighted by Crippen LogP contribution is -2.16. The number of halogens is 3.